The summed E-state index contributed by atoms with van der Waals surface area (Å²) in [7, 11) is 3.83. The van der Waals surface area contributed by atoms with Crippen LogP contribution in [0.2, 0.25) is 0 Å². The number of ketones is 1. The van der Waals surface area contributed by atoms with E-state index < -0.39 is 0 Å². The topological polar surface area (TPSA) is 66.8 Å². The van der Waals surface area contributed by atoms with Crippen LogP contribution in [0.1, 0.15) is 19.8 Å². The lowest BCUT2D eigenvalue weighted by molar-refractivity contribution is -0.147. The molecule has 0 radical (unpaired) electrons. The van der Waals surface area contributed by atoms with Crippen molar-refractivity contribution in [1.29, 1.82) is 0 Å². The molecule has 0 fully saturated rings. The Bertz CT molecular complexity index is 188. The lowest BCUT2D eigenvalue weighted by Gasteiger charge is -2.18. The summed E-state index contributed by atoms with van der Waals surface area (Å²) in [4.78, 5) is 24.6. The highest BCUT2D eigenvalue weighted by atomic mass is 19.3. The van der Waals surface area contributed by atoms with Gasteiger partial charge in [0.1, 0.15) is 5.78 Å². The largest absolute Gasteiger partial charge is 0.483 e. The number of hydrogen-bond donors (Lipinski definition) is 1. The van der Waals surface area contributed by atoms with Crippen molar-refractivity contribution in [1.82, 2.24) is 4.90 Å². The van der Waals surface area contributed by atoms with Gasteiger partial charge < -0.3 is 14.8 Å². The Kier molecular flexibility index (Phi) is 13.1. The molecule has 0 aliphatic carbocycles. The van der Waals surface area contributed by atoms with Crippen molar-refractivity contribution in [3.63, 3.8) is 0 Å². The fourth-order valence-corrected chi connectivity index (χ4v) is 1.24. The van der Waals surface area contributed by atoms with Crippen LogP contribution in [-0.4, -0.2) is 49.5 Å². The van der Waals surface area contributed by atoms with E-state index in [1.54, 1.807) is 6.92 Å². The van der Waals surface area contributed by atoms with E-state index in [9.17, 15) is 9.32 Å². The first-order valence-electron chi connectivity index (χ1n) is 4.93. The first-order chi connectivity index (χ1) is 7.47. The molecule has 0 rings (SSSR count). The second kappa shape index (κ2) is 12.1. The maximum atomic E-state index is 11.6. The lowest BCUT2D eigenvalue weighted by atomic mass is 10.0. The highest BCUT2D eigenvalue weighted by molar-refractivity contribution is 5.75. The van der Waals surface area contributed by atoms with Crippen LogP contribution in [0.15, 0.2) is 0 Å². The molecule has 0 bridgehead atoms. The molecule has 0 heterocycles. The Morgan fingerprint density at radius 3 is 2.38 bits per heavy atom. The highest BCUT2D eigenvalue weighted by Crippen LogP contribution is 2.09. The number of carbonyl (C=O) groups is 2. The zero-order valence-corrected chi connectivity index (χ0v) is 9.98. The summed E-state index contributed by atoms with van der Waals surface area (Å²) < 4.78 is 11.6. The molecule has 1 unspecified atom stereocenters. The second-order valence-corrected chi connectivity index (χ2v) is 3.75. The van der Waals surface area contributed by atoms with Crippen LogP contribution in [0.4, 0.5) is 4.53 Å². The van der Waals surface area contributed by atoms with Gasteiger partial charge in [-0.3, -0.25) is 4.79 Å². The van der Waals surface area contributed by atoms with Crippen molar-refractivity contribution >= 4 is 12.3 Å². The molecular weight excluding hydrogens is 217 g/mol. The Morgan fingerprint density at radius 2 is 2.06 bits per heavy atom. The van der Waals surface area contributed by atoms with Crippen LogP contribution in [0.3, 0.4) is 0 Å². The molecule has 5 nitrogen and oxygen atoms in total. The van der Waals surface area contributed by atoms with Gasteiger partial charge in [-0.15, -0.1) is 0 Å². The third-order valence-corrected chi connectivity index (χ3v) is 1.83. The van der Waals surface area contributed by atoms with E-state index in [0.29, 0.717) is 12.8 Å². The van der Waals surface area contributed by atoms with Gasteiger partial charge in [0.05, 0.1) is 6.61 Å². The van der Waals surface area contributed by atoms with Crippen molar-refractivity contribution in [3.8, 4) is 0 Å². The monoisotopic (exact) mass is 237 g/mol. The zero-order chi connectivity index (χ0) is 13.0. The van der Waals surface area contributed by atoms with Crippen molar-refractivity contribution in [2.75, 3.05) is 27.2 Å². The van der Waals surface area contributed by atoms with Gasteiger partial charge in [0, 0.05) is 13.0 Å². The minimum absolute atomic E-state index is 0.0749. The molecule has 1 atom stereocenters. The van der Waals surface area contributed by atoms with Gasteiger partial charge in [-0.2, -0.15) is 4.94 Å². The molecule has 0 aliphatic rings. The maximum Gasteiger partial charge on any atom is 0.290 e. The normalized spacial score (nSPS) is 11.6. The lowest BCUT2D eigenvalue weighted by Crippen LogP contribution is -2.25. The van der Waals surface area contributed by atoms with Crippen molar-refractivity contribution in [3.05, 3.63) is 0 Å². The summed E-state index contributed by atoms with van der Waals surface area (Å²) in [5.41, 5.74) is 0. The number of rotatable bonds is 7. The SMILES string of the molecule is CC(=O)CCC(COF)CN(C)C.O=CO. The van der Waals surface area contributed by atoms with E-state index in [4.69, 9.17) is 9.90 Å². The van der Waals surface area contributed by atoms with Gasteiger partial charge in [-0.05, 0) is 37.9 Å². The third-order valence-electron chi connectivity index (χ3n) is 1.83. The third kappa shape index (κ3) is 15.5. The predicted octanol–water partition coefficient (Wildman–Crippen LogP) is 1.14. The number of carbonyl (C=O) groups excluding carboxylic acids is 1. The quantitative estimate of drug-likeness (QED) is 0.672. The molecule has 0 amide bonds. The van der Waals surface area contributed by atoms with Gasteiger partial charge in [-0.25, -0.2) is 0 Å². The zero-order valence-electron chi connectivity index (χ0n) is 9.98. The summed E-state index contributed by atoms with van der Waals surface area (Å²) in [6, 6.07) is 0. The van der Waals surface area contributed by atoms with Gasteiger partial charge in [0.15, 0.2) is 0 Å². The minimum atomic E-state index is -0.250. The molecule has 0 spiro atoms. The fraction of sp³-hybridized carbons (Fsp3) is 0.800. The Balaban J connectivity index is 0. The molecule has 0 aromatic heterocycles. The van der Waals surface area contributed by atoms with Crippen LogP contribution in [0, 0.1) is 5.92 Å². The molecular formula is C10H20FNO4. The van der Waals surface area contributed by atoms with Crippen molar-refractivity contribution < 1.29 is 24.2 Å². The first kappa shape index (κ1) is 17.4. The Morgan fingerprint density at radius 1 is 1.56 bits per heavy atom. The standard InChI is InChI=1S/C9H18FNO2.CH2O2/c1-8(12)4-5-9(7-13-10)6-11(2)3;2-1-3/h9H,4-7H2,1-3H3;1H,(H,2,3). The summed E-state index contributed by atoms with van der Waals surface area (Å²) in [6.45, 7) is 2.12. The van der Waals surface area contributed by atoms with Gasteiger partial charge in [-0.1, -0.05) is 0 Å². The van der Waals surface area contributed by atoms with E-state index in [1.165, 1.54) is 0 Å². The predicted molar refractivity (Wildman–Crippen MR) is 57.7 cm³/mol. The number of carboxylic acid groups (broad SMARTS) is 1. The van der Waals surface area contributed by atoms with Crippen LogP contribution < -0.4 is 0 Å². The Labute approximate surface area is 95.1 Å². The number of nitrogens with zero attached hydrogens (tertiary/aromatic N) is 1. The average molecular weight is 237 g/mol. The highest BCUT2D eigenvalue weighted by Gasteiger charge is 2.11. The summed E-state index contributed by atoms with van der Waals surface area (Å²) >= 11 is 0. The van der Waals surface area contributed by atoms with Gasteiger partial charge >= 0.3 is 0 Å². The molecule has 0 saturated carbocycles. The molecule has 16 heavy (non-hydrogen) atoms. The molecule has 0 saturated heterocycles. The van der Waals surface area contributed by atoms with Gasteiger partial charge in [0.2, 0.25) is 0 Å². The summed E-state index contributed by atoms with van der Waals surface area (Å²) in [6.07, 6.45) is 1.19. The number of Topliss-reactive ketones (excluding diaryl/α,β-unsaturated/α-hetero) is 1. The van der Waals surface area contributed by atoms with Crippen LogP contribution in [0.25, 0.3) is 0 Å². The van der Waals surface area contributed by atoms with E-state index in [2.05, 4.69) is 4.94 Å². The molecule has 96 valence electrons. The second-order valence-electron chi connectivity index (χ2n) is 3.75. The maximum absolute atomic E-state index is 11.6. The Hall–Kier alpha value is -1.01. The summed E-state index contributed by atoms with van der Waals surface area (Å²) in [5, 5.41) is 6.89. The number of halogens is 1. The van der Waals surface area contributed by atoms with Gasteiger partial charge in [0.25, 0.3) is 6.47 Å². The smallest absolute Gasteiger partial charge is 0.290 e. The summed E-state index contributed by atoms with van der Waals surface area (Å²) in [5.74, 6) is 0.242. The van der Waals surface area contributed by atoms with E-state index in [1.807, 2.05) is 19.0 Å². The van der Waals surface area contributed by atoms with Crippen LogP contribution in [0.5, 0.6) is 0 Å². The molecule has 0 aromatic rings. The van der Waals surface area contributed by atoms with Crippen molar-refractivity contribution in [2.24, 2.45) is 5.92 Å². The molecule has 1 N–H and O–H groups in total. The van der Waals surface area contributed by atoms with Crippen molar-refractivity contribution in [2.45, 2.75) is 19.8 Å². The minimum Gasteiger partial charge on any atom is -0.483 e. The van der Waals surface area contributed by atoms with Crippen LogP contribution >= 0.6 is 0 Å². The van der Waals surface area contributed by atoms with E-state index in [-0.39, 0.29) is 24.8 Å². The van der Waals surface area contributed by atoms with E-state index >= 15 is 0 Å². The molecule has 6 heteroatoms. The average Bonchev–Trinajstić information content (AvgIpc) is 2.15. The van der Waals surface area contributed by atoms with E-state index in [0.717, 1.165) is 6.54 Å². The number of hydrogen-bond acceptors (Lipinski definition) is 4. The first-order valence-corrected chi connectivity index (χ1v) is 4.93. The fourth-order valence-electron chi connectivity index (χ4n) is 1.24. The molecule has 0 aromatic carbocycles. The van der Waals surface area contributed by atoms with Crippen LogP contribution in [-0.2, 0) is 14.5 Å². The molecule has 0 aliphatic heterocycles.